The molecule has 0 saturated carbocycles. The summed E-state index contributed by atoms with van der Waals surface area (Å²) >= 11 is 0. The van der Waals surface area contributed by atoms with E-state index in [1.807, 2.05) is 50.2 Å². The zero-order valence-electron chi connectivity index (χ0n) is 12.4. The van der Waals surface area contributed by atoms with Crippen LogP contribution in [0.2, 0.25) is 0 Å². The Morgan fingerprint density at radius 1 is 1.10 bits per heavy atom. The Morgan fingerprint density at radius 3 is 2.43 bits per heavy atom. The van der Waals surface area contributed by atoms with Crippen LogP contribution in [0.5, 0.6) is 0 Å². The van der Waals surface area contributed by atoms with Crippen molar-refractivity contribution in [3.63, 3.8) is 0 Å². The zero-order valence-corrected chi connectivity index (χ0v) is 12.4. The average Bonchev–Trinajstić information content (AvgIpc) is 2.73. The number of nitrogens with zero attached hydrogens (tertiary/aromatic N) is 1. The number of nitrogens with one attached hydrogen (secondary N) is 1. The molecule has 0 radical (unpaired) electrons. The van der Waals surface area contributed by atoms with Crippen LogP contribution >= 0.6 is 0 Å². The third kappa shape index (κ3) is 2.07. The van der Waals surface area contributed by atoms with Gasteiger partial charge in [0.25, 0.3) is 5.91 Å². The molecule has 1 aliphatic heterocycles. The Kier molecular flexibility index (Phi) is 3.16. The highest BCUT2D eigenvalue weighted by Crippen LogP contribution is 2.38. The minimum Gasteiger partial charge on any atom is -0.352 e. The summed E-state index contributed by atoms with van der Waals surface area (Å²) in [6.07, 6.45) is 0. The van der Waals surface area contributed by atoms with E-state index in [1.165, 1.54) is 0 Å². The molecule has 4 heteroatoms. The van der Waals surface area contributed by atoms with E-state index in [2.05, 4.69) is 5.32 Å². The molecule has 1 N–H and O–H groups in total. The predicted molar refractivity (Wildman–Crippen MR) is 83.5 cm³/mol. The van der Waals surface area contributed by atoms with Crippen LogP contribution in [0.15, 0.2) is 36.4 Å². The van der Waals surface area contributed by atoms with Gasteiger partial charge in [-0.1, -0.05) is 24.3 Å². The van der Waals surface area contributed by atoms with Gasteiger partial charge in [0, 0.05) is 17.0 Å². The van der Waals surface area contributed by atoms with Crippen molar-refractivity contribution in [2.24, 2.45) is 0 Å². The molecule has 0 fully saturated rings. The number of hydrogen-bond acceptors (Lipinski definition) is 2. The molecule has 0 unspecified atom stereocenters. The summed E-state index contributed by atoms with van der Waals surface area (Å²) in [4.78, 5) is 26.5. The van der Waals surface area contributed by atoms with E-state index in [4.69, 9.17) is 0 Å². The van der Waals surface area contributed by atoms with Crippen molar-refractivity contribution in [1.29, 1.82) is 0 Å². The second kappa shape index (κ2) is 4.88. The van der Waals surface area contributed by atoms with Crippen LogP contribution in [0.25, 0.3) is 10.8 Å². The first-order valence-corrected chi connectivity index (χ1v) is 7.16. The maximum atomic E-state index is 12.7. The second-order valence-electron chi connectivity index (χ2n) is 5.70. The van der Waals surface area contributed by atoms with Gasteiger partial charge in [-0.2, -0.15) is 0 Å². The van der Waals surface area contributed by atoms with E-state index in [-0.39, 0.29) is 17.9 Å². The molecule has 21 heavy (non-hydrogen) atoms. The van der Waals surface area contributed by atoms with E-state index in [1.54, 1.807) is 11.8 Å². The molecule has 108 valence electrons. The van der Waals surface area contributed by atoms with Crippen LogP contribution < -0.4 is 10.2 Å². The minimum absolute atomic E-state index is 0.0517. The number of amides is 2. The van der Waals surface area contributed by atoms with Gasteiger partial charge >= 0.3 is 0 Å². The fraction of sp³-hybridized carbons (Fsp3) is 0.294. The number of hydrogen-bond donors (Lipinski definition) is 1. The monoisotopic (exact) mass is 282 g/mol. The van der Waals surface area contributed by atoms with Gasteiger partial charge in [0.1, 0.15) is 6.04 Å². The smallest absolute Gasteiger partial charge is 0.259 e. The lowest BCUT2D eigenvalue weighted by molar-refractivity contribution is -0.122. The van der Waals surface area contributed by atoms with Crippen molar-refractivity contribution < 1.29 is 9.59 Å². The molecular weight excluding hydrogens is 264 g/mol. The standard InChI is InChI=1S/C17H18N2O2/c1-10(2)18-16(20)11(3)19-14-9-5-7-12-6-4-8-13(15(12)14)17(19)21/h4-11H,1-3H3,(H,18,20)/t11-/m0/s1. The van der Waals surface area contributed by atoms with E-state index >= 15 is 0 Å². The number of anilines is 1. The van der Waals surface area contributed by atoms with Gasteiger partial charge in [0.2, 0.25) is 5.91 Å². The lowest BCUT2D eigenvalue weighted by Crippen LogP contribution is -2.48. The molecule has 0 aliphatic carbocycles. The highest BCUT2D eigenvalue weighted by molar-refractivity contribution is 6.26. The molecule has 1 heterocycles. The fourth-order valence-corrected chi connectivity index (χ4v) is 2.85. The Hall–Kier alpha value is -2.36. The van der Waals surface area contributed by atoms with Gasteiger partial charge < -0.3 is 5.32 Å². The number of rotatable bonds is 3. The highest BCUT2D eigenvalue weighted by Gasteiger charge is 2.35. The van der Waals surface area contributed by atoms with E-state index in [0.717, 1.165) is 16.5 Å². The quantitative estimate of drug-likeness (QED) is 0.941. The zero-order chi connectivity index (χ0) is 15.1. The summed E-state index contributed by atoms with van der Waals surface area (Å²) in [5, 5.41) is 4.83. The van der Waals surface area contributed by atoms with Crippen LogP contribution in [0.3, 0.4) is 0 Å². The molecule has 1 atom stereocenters. The van der Waals surface area contributed by atoms with E-state index < -0.39 is 6.04 Å². The molecule has 0 spiro atoms. The third-order valence-corrected chi connectivity index (χ3v) is 3.79. The third-order valence-electron chi connectivity index (χ3n) is 3.79. The lowest BCUT2D eigenvalue weighted by Gasteiger charge is -2.25. The number of benzene rings is 2. The average molecular weight is 282 g/mol. The maximum absolute atomic E-state index is 12.7. The van der Waals surface area contributed by atoms with E-state index in [9.17, 15) is 9.59 Å². The van der Waals surface area contributed by atoms with Crippen LogP contribution in [0.4, 0.5) is 5.69 Å². The highest BCUT2D eigenvalue weighted by atomic mass is 16.2. The Labute approximate surface area is 123 Å². The first-order valence-electron chi connectivity index (χ1n) is 7.16. The largest absolute Gasteiger partial charge is 0.352 e. The molecule has 0 saturated heterocycles. The first kappa shape index (κ1) is 13.6. The van der Waals surface area contributed by atoms with Crippen molar-refractivity contribution in [1.82, 2.24) is 5.32 Å². The molecule has 4 nitrogen and oxygen atoms in total. The maximum Gasteiger partial charge on any atom is 0.259 e. The predicted octanol–water partition coefficient (Wildman–Crippen LogP) is 2.71. The molecule has 2 amide bonds. The topological polar surface area (TPSA) is 49.4 Å². The van der Waals surface area contributed by atoms with Gasteiger partial charge in [-0.15, -0.1) is 0 Å². The molecule has 0 bridgehead atoms. The van der Waals surface area contributed by atoms with Crippen LogP contribution in [-0.4, -0.2) is 23.9 Å². The molecule has 0 aromatic heterocycles. The summed E-state index contributed by atoms with van der Waals surface area (Å²) in [6, 6.07) is 11.0. The van der Waals surface area contributed by atoms with Crippen molar-refractivity contribution >= 4 is 28.3 Å². The molecule has 2 aromatic rings. The van der Waals surface area contributed by atoms with E-state index in [0.29, 0.717) is 5.56 Å². The summed E-state index contributed by atoms with van der Waals surface area (Å²) in [5.41, 5.74) is 1.49. The Balaban J connectivity index is 2.05. The normalized spacial score (nSPS) is 14.9. The van der Waals surface area contributed by atoms with Crippen LogP contribution in [0.1, 0.15) is 31.1 Å². The second-order valence-corrected chi connectivity index (χ2v) is 5.70. The van der Waals surface area contributed by atoms with Crippen molar-refractivity contribution in [3.8, 4) is 0 Å². The van der Waals surface area contributed by atoms with Crippen molar-refractivity contribution in [2.45, 2.75) is 32.9 Å². The van der Waals surface area contributed by atoms with Crippen molar-refractivity contribution in [2.75, 3.05) is 4.90 Å². The van der Waals surface area contributed by atoms with Crippen LogP contribution in [0, 0.1) is 0 Å². The SMILES string of the molecule is CC(C)NC(=O)[C@H](C)N1C(=O)c2cccc3cccc1c23. The summed E-state index contributed by atoms with van der Waals surface area (Å²) in [7, 11) is 0. The molecule has 2 aromatic carbocycles. The van der Waals surface area contributed by atoms with Gasteiger partial charge in [0.15, 0.2) is 0 Å². The minimum atomic E-state index is -0.530. The molecular formula is C17H18N2O2. The summed E-state index contributed by atoms with van der Waals surface area (Å²) in [5.74, 6) is -0.239. The van der Waals surface area contributed by atoms with Crippen molar-refractivity contribution in [3.05, 3.63) is 42.0 Å². The fourth-order valence-electron chi connectivity index (χ4n) is 2.85. The molecule has 3 rings (SSSR count). The van der Waals surface area contributed by atoms with Gasteiger partial charge in [0.05, 0.1) is 5.69 Å². The summed E-state index contributed by atoms with van der Waals surface area (Å²) < 4.78 is 0. The first-order chi connectivity index (χ1) is 10.0. The molecule has 1 aliphatic rings. The Morgan fingerprint density at radius 2 is 1.76 bits per heavy atom. The van der Waals surface area contributed by atoms with Gasteiger partial charge in [-0.3, -0.25) is 14.5 Å². The van der Waals surface area contributed by atoms with Gasteiger partial charge in [-0.05, 0) is 38.3 Å². The number of carbonyl (C=O) groups excluding carboxylic acids is 2. The Bertz CT molecular complexity index is 731. The van der Waals surface area contributed by atoms with Gasteiger partial charge in [-0.25, -0.2) is 0 Å². The lowest BCUT2D eigenvalue weighted by atomic mass is 10.1. The summed E-state index contributed by atoms with van der Waals surface area (Å²) in [6.45, 7) is 5.58. The number of carbonyl (C=O) groups is 2. The van der Waals surface area contributed by atoms with Crippen LogP contribution in [-0.2, 0) is 4.79 Å².